The predicted molar refractivity (Wildman–Crippen MR) is 72.2 cm³/mol. The van der Waals surface area contributed by atoms with E-state index in [4.69, 9.17) is 0 Å². The van der Waals surface area contributed by atoms with E-state index in [-0.39, 0.29) is 5.91 Å². The molecule has 0 saturated carbocycles. The molecule has 0 heterocycles. The van der Waals surface area contributed by atoms with E-state index in [9.17, 15) is 4.79 Å². The number of hydrogen-bond acceptors (Lipinski definition) is 1. The molecule has 0 unspecified atom stereocenters. The molecule has 94 valence electrons. The van der Waals surface area contributed by atoms with Crippen molar-refractivity contribution in [2.24, 2.45) is 5.92 Å². The van der Waals surface area contributed by atoms with E-state index in [0.717, 1.165) is 25.1 Å². The fourth-order valence-corrected chi connectivity index (χ4v) is 1.95. The number of nitrogens with zero attached hydrogens (tertiary/aromatic N) is 1. The highest BCUT2D eigenvalue weighted by atomic mass is 16.2. The highest BCUT2D eigenvalue weighted by Gasteiger charge is 2.11. The first-order chi connectivity index (χ1) is 8.08. The average Bonchev–Trinajstić information content (AvgIpc) is 2.30. The summed E-state index contributed by atoms with van der Waals surface area (Å²) in [4.78, 5) is 13.9. The van der Waals surface area contributed by atoms with E-state index < -0.39 is 0 Å². The Kier molecular flexibility index (Phi) is 5.20. The van der Waals surface area contributed by atoms with Crippen LogP contribution in [0.25, 0.3) is 0 Å². The van der Waals surface area contributed by atoms with Crippen LogP contribution in [0.1, 0.15) is 43.6 Å². The lowest BCUT2D eigenvalue weighted by atomic mass is 10.0. The first-order valence-corrected chi connectivity index (χ1v) is 6.46. The third-order valence-corrected chi connectivity index (χ3v) is 2.90. The fourth-order valence-electron chi connectivity index (χ4n) is 1.95. The zero-order valence-electron chi connectivity index (χ0n) is 11.4. The molecule has 0 aliphatic heterocycles. The van der Waals surface area contributed by atoms with Gasteiger partial charge in [0.25, 0.3) is 5.91 Å². The normalized spacial score (nSPS) is 10.6. The van der Waals surface area contributed by atoms with Gasteiger partial charge in [-0.1, -0.05) is 26.0 Å². The van der Waals surface area contributed by atoms with Crippen LogP contribution >= 0.6 is 0 Å². The van der Waals surface area contributed by atoms with Gasteiger partial charge in [0.15, 0.2) is 0 Å². The van der Waals surface area contributed by atoms with Gasteiger partial charge in [-0.25, -0.2) is 0 Å². The quantitative estimate of drug-likeness (QED) is 0.763. The summed E-state index contributed by atoms with van der Waals surface area (Å²) < 4.78 is 0. The minimum Gasteiger partial charge on any atom is -0.339 e. The highest BCUT2D eigenvalue weighted by molar-refractivity contribution is 5.94. The van der Waals surface area contributed by atoms with Gasteiger partial charge in [0.05, 0.1) is 0 Å². The predicted octanol–water partition coefficient (Wildman–Crippen LogP) is 3.37. The molecule has 1 aromatic rings. The molecule has 0 fully saturated rings. The summed E-state index contributed by atoms with van der Waals surface area (Å²) in [6.45, 7) is 9.96. The van der Waals surface area contributed by atoms with Crippen LogP contribution in [-0.4, -0.2) is 23.9 Å². The second-order valence-electron chi connectivity index (χ2n) is 4.77. The summed E-state index contributed by atoms with van der Waals surface area (Å²) in [5.41, 5.74) is 2.09. The van der Waals surface area contributed by atoms with Gasteiger partial charge in [-0.2, -0.15) is 0 Å². The summed E-state index contributed by atoms with van der Waals surface area (Å²) in [6.07, 6.45) is 1.07. The minimum absolute atomic E-state index is 0.131. The van der Waals surface area contributed by atoms with Crippen molar-refractivity contribution >= 4 is 5.91 Å². The average molecular weight is 233 g/mol. The van der Waals surface area contributed by atoms with Crippen molar-refractivity contribution in [3.63, 3.8) is 0 Å². The molecule has 0 atom stereocenters. The molecule has 2 nitrogen and oxygen atoms in total. The lowest BCUT2D eigenvalue weighted by Crippen LogP contribution is -2.30. The standard InChI is InChI=1S/C15H23NO/c1-5-16(6-2)15(17)14-9-7-13(8-10-14)11-12(3)4/h7-10,12H,5-6,11H2,1-4H3. The fraction of sp³-hybridized carbons (Fsp3) is 0.533. The van der Waals surface area contributed by atoms with E-state index >= 15 is 0 Å². The summed E-state index contributed by atoms with van der Waals surface area (Å²) in [5, 5.41) is 0. The van der Waals surface area contributed by atoms with Crippen LogP contribution in [0, 0.1) is 5.92 Å². The van der Waals surface area contributed by atoms with Gasteiger partial charge in [0, 0.05) is 18.7 Å². The second kappa shape index (κ2) is 6.43. The van der Waals surface area contributed by atoms with E-state index in [0.29, 0.717) is 5.92 Å². The van der Waals surface area contributed by atoms with Crippen LogP contribution in [0.15, 0.2) is 24.3 Å². The molecule has 1 aromatic carbocycles. The number of benzene rings is 1. The van der Waals surface area contributed by atoms with E-state index in [2.05, 4.69) is 26.0 Å². The van der Waals surface area contributed by atoms with Crippen molar-refractivity contribution in [3.05, 3.63) is 35.4 Å². The number of hydrogen-bond donors (Lipinski definition) is 0. The second-order valence-corrected chi connectivity index (χ2v) is 4.77. The number of carbonyl (C=O) groups excluding carboxylic acids is 1. The Bertz CT molecular complexity index is 350. The molecule has 0 bridgehead atoms. The molecule has 0 N–H and O–H groups in total. The molecule has 17 heavy (non-hydrogen) atoms. The molecule has 2 heteroatoms. The van der Waals surface area contributed by atoms with Crippen LogP contribution in [-0.2, 0) is 6.42 Å². The van der Waals surface area contributed by atoms with E-state index in [1.54, 1.807) is 0 Å². The Morgan fingerprint density at radius 1 is 1.12 bits per heavy atom. The lowest BCUT2D eigenvalue weighted by Gasteiger charge is -2.18. The topological polar surface area (TPSA) is 20.3 Å². The number of amides is 1. The Balaban J connectivity index is 2.76. The van der Waals surface area contributed by atoms with Crippen LogP contribution in [0.5, 0.6) is 0 Å². The molecule has 0 saturated heterocycles. The first-order valence-electron chi connectivity index (χ1n) is 6.46. The summed E-state index contributed by atoms with van der Waals surface area (Å²) in [6, 6.07) is 8.02. The van der Waals surface area contributed by atoms with Crippen molar-refractivity contribution in [1.82, 2.24) is 4.90 Å². The molecule has 0 aliphatic rings. The van der Waals surface area contributed by atoms with Gasteiger partial charge < -0.3 is 4.90 Å². The molecule has 0 aliphatic carbocycles. The van der Waals surface area contributed by atoms with Gasteiger partial charge in [-0.3, -0.25) is 4.79 Å². The number of carbonyl (C=O) groups is 1. The van der Waals surface area contributed by atoms with Crippen LogP contribution in [0.4, 0.5) is 0 Å². The van der Waals surface area contributed by atoms with Gasteiger partial charge >= 0.3 is 0 Å². The van der Waals surface area contributed by atoms with Gasteiger partial charge in [0.2, 0.25) is 0 Å². The lowest BCUT2D eigenvalue weighted by molar-refractivity contribution is 0.0773. The van der Waals surface area contributed by atoms with E-state index in [1.807, 2.05) is 30.9 Å². The first kappa shape index (κ1) is 13.8. The van der Waals surface area contributed by atoms with Crippen molar-refractivity contribution in [3.8, 4) is 0 Å². The maximum absolute atomic E-state index is 12.1. The Hall–Kier alpha value is -1.31. The van der Waals surface area contributed by atoms with Gasteiger partial charge in [0.1, 0.15) is 0 Å². The molecule has 1 rings (SSSR count). The molecule has 1 amide bonds. The summed E-state index contributed by atoms with van der Waals surface area (Å²) in [7, 11) is 0. The Morgan fingerprint density at radius 3 is 2.06 bits per heavy atom. The third kappa shape index (κ3) is 3.88. The monoisotopic (exact) mass is 233 g/mol. The maximum Gasteiger partial charge on any atom is 0.253 e. The highest BCUT2D eigenvalue weighted by Crippen LogP contribution is 2.11. The smallest absolute Gasteiger partial charge is 0.253 e. The molecule has 0 spiro atoms. The maximum atomic E-state index is 12.1. The summed E-state index contributed by atoms with van der Waals surface area (Å²) >= 11 is 0. The van der Waals surface area contributed by atoms with Crippen molar-refractivity contribution in [2.45, 2.75) is 34.1 Å². The molecule has 0 radical (unpaired) electrons. The van der Waals surface area contributed by atoms with Crippen LogP contribution in [0.2, 0.25) is 0 Å². The summed E-state index contributed by atoms with van der Waals surface area (Å²) in [5.74, 6) is 0.783. The third-order valence-electron chi connectivity index (χ3n) is 2.90. The molecular formula is C15H23NO. The minimum atomic E-state index is 0.131. The molecular weight excluding hydrogens is 210 g/mol. The van der Waals surface area contributed by atoms with E-state index in [1.165, 1.54) is 5.56 Å². The Labute approximate surface area is 105 Å². The Morgan fingerprint density at radius 2 is 1.65 bits per heavy atom. The number of rotatable bonds is 5. The van der Waals surface area contributed by atoms with Crippen molar-refractivity contribution in [1.29, 1.82) is 0 Å². The van der Waals surface area contributed by atoms with Gasteiger partial charge in [-0.15, -0.1) is 0 Å². The van der Waals surface area contributed by atoms with Crippen LogP contribution < -0.4 is 0 Å². The largest absolute Gasteiger partial charge is 0.339 e. The van der Waals surface area contributed by atoms with Crippen molar-refractivity contribution < 1.29 is 4.79 Å². The van der Waals surface area contributed by atoms with Crippen LogP contribution in [0.3, 0.4) is 0 Å². The zero-order chi connectivity index (χ0) is 12.8. The van der Waals surface area contributed by atoms with Gasteiger partial charge in [-0.05, 0) is 43.9 Å². The zero-order valence-corrected chi connectivity index (χ0v) is 11.4. The van der Waals surface area contributed by atoms with Crippen molar-refractivity contribution in [2.75, 3.05) is 13.1 Å². The SMILES string of the molecule is CCN(CC)C(=O)c1ccc(CC(C)C)cc1. The molecule has 0 aromatic heterocycles.